The first-order valence-corrected chi connectivity index (χ1v) is 7.95. The maximum Gasteiger partial charge on any atom is 0.332 e. The summed E-state index contributed by atoms with van der Waals surface area (Å²) in [6.45, 7) is 5.00. The molecular formula is C19H18F6O. The third-order valence-electron chi connectivity index (χ3n) is 3.90. The van der Waals surface area contributed by atoms with E-state index in [1.807, 2.05) is 0 Å². The Morgan fingerprint density at radius 1 is 0.885 bits per heavy atom. The molecule has 0 aliphatic heterocycles. The van der Waals surface area contributed by atoms with Crippen LogP contribution in [0.3, 0.4) is 0 Å². The van der Waals surface area contributed by atoms with Crippen molar-refractivity contribution in [1.29, 1.82) is 0 Å². The first-order chi connectivity index (χ1) is 12.0. The lowest BCUT2D eigenvalue weighted by Gasteiger charge is -2.19. The molecule has 1 atom stereocenters. The van der Waals surface area contributed by atoms with Crippen molar-refractivity contribution in [2.75, 3.05) is 0 Å². The normalized spacial score (nSPS) is 13.3. The van der Waals surface area contributed by atoms with Gasteiger partial charge in [-0.3, -0.25) is 0 Å². The van der Waals surface area contributed by atoms with Gasteiger partial charge in [-0.15, -0.1) is 0 Å². The van der Waals surface area contributed by atoms with Gasteiger partial charge in [0.15, 0.2) is 11.6 Å². The molecule has 0 aromatic heterocycles. The standard InChI is InChI=1S/C19H18F6O/c1-10(2)26-17-5-4-12(8-16(17)21)11(3)13-6-14(9-15(20)7-13)19(24,25)18(22)23/h4-11,18H,1-3H3/t11-/m1/s1. The number of alkyl halides is 4. The smallest absolute Gasteiger partial charge is 0.332 e. The predicted octanol–water partition coefficient (Wildman–Crippen LogP) is 6.26. The maximum absolute atomic E-state index is 14.1. The average molecular weight is 376 g/mol. The fraction of sp³-hybridized carbons (Fsp3) is 0.368. The van der Waals surface area contributed by atoms with E-state index in [0.717, 1.165) is 18.2 Å². The molecule has 0 spiro atoms. The second-order valence-corrected chi connectivity index (χ2v) is 6.28. The van der Waals surface area contributed by atoms with Crippen molar-refractivity contribution in [3.8, 4) is 5.75 Å². The van der Waals surface area contributed by atoms with Crippen LogP contribution in [-0.2, 0) is 5.92 Å². The summed E-state index contributed by atoms with van der Waals surface area (Å²) < 4.78 is 85.3. The van der Waals surface area contributed by atoms with Crippen LogP contribution in [0.1, 0.15) is 43.4 Å². The zero-order chi connectivity index (χ0) is 19.6. The van der Waals surface area contributed by atoms with Crippen molar-refractivity contribution in [3.05, 3.63) is 64.7 Å². The topological polar surface area (TPSA) is 9.23 Å². The van der Waals surface area contributed by atoms with Gasteiger partial charge in [0.25, 0.3) is 0 Å². The van der Waals surface area contributed by atoms with Crippen LogP contribution in [0, 0.1) is 11.6 Å². The maximum atomic E-state index is 14.1. The molecule has 0 N–H and O–H groups in total. The van der Waals surface area contributed by atoms with E-state index < -0.39 is 35.5 Å². The summed E-state index contributed by atoms with van der Waals surface area (Å²) in [5.74, 6) is -6.86. The summed E-state index contributed by atoms with van der Waals surface area (Å²) in [6, 6.07) is 6.21. The van der Waals surface area contributed by atoms with E-state index in [-0.39, 0.29) is 17.4 Å². The van der Waals surface area contributed by atoms with Crippen molar-refractivity contribution >= 4 is 0 Å². The molecule has 0 fully saturated rings. The van der Waals surface area contributed by atoms with E-state index in [9.17, 15) is 26.3 Å². The Bertz CT molecular complexity index is 773. The predicted molar refractivity (Wildman–Crippen MR) is 86.0 cm³/mol. The minimum atomic E-state index is -4.48. The lowest BCUT2D eigenvalue weighted by atomic mass is 9.91. The molecular weight excluding hydrogens is 358 g/mol. The summed E-state index contributed by atoms with van der Waals surface area (Å²) in [5.41, 5.74) is -0.706. The lowest BCUT2D eigenvalue weighted by Crippen LogP contribution is -2.24. The Morgan fingerprint density at radius 2 is 1.54 bits per heavy atom. The summed E-state index contributed by atoms with van der Waals surface area (Å²) in [5, 5.41) is 0. The van der Waals surface area contributed by atoms with E-state index in [2.05, 4.69) is 0 Å². The van der Waals surface area contributed by atoms with E-state index in [4.69, 9.17) is 4.74 Å². The zero-order valence-corrected chi connectivity index (χ0v) is 14.4. The molecule has 142 valence electrons. The van der Waals surface area contributed by atoms with E-state index in [1.165, 1.54) is 19.1 Å². The fourth-order valence-corrected chi connectivity index (χ4v) is 2.51. The highest BCUT2D eigenvalue weighted by atomic mass is 19.3. The van der Waals surface area contributed by atoms with E-state index in [0.29, 0.717) is 11.6 Å². The average Bonchev–Trinajstić information content (AvgIpc) is 2.54. The molecule has 7 heteroatoms. The molecule has 2 rings (SSSR count). The molecule has 0 aliphatic rings. The highest BCUT2D eigenvalue weighted by Gasteiger charge is 2.43. The number of hydrogen-bond donors (Lipinski definition) is 0. The molecule has 1 nitrogen and oxygen atoms in total. The molecule has 2 aromatic rings. The highest BCUT2D eigenvalue weighted by Crippen LogP contribution is 2.37. The van der Waals surface area contributed by atoms with Crippen LogP contribution in [0.25, 0.3) is 0 Å². The molecule has 0 saturated carbocycles. The van der Waals surface area contributed by atoms with Crippen molar-refractivity contribution in [2.45, 2.75) is 45.1 Å². The van der Waals surface area contributed by atoms with Gasteiger partial charge >= 0.3 is 12.3 Å². The first-order valence-electron chi connectivity index (χ1n) is 7.95. The van der Waals surface area contributed by atoms with Crippen molar-refractivity contribution in [2.24, 2.45) is 0 Å². The van der Waals surface area contributed by atoms with Gasteiger partial charge in [-0.25, -0.2) is 17.6 Å². The largest absolute Gasteiger partial charge is 0.488 e. The van der Waals surface area contributed by atoms with Crippen LogP contribution in [0.5, 0.6) is 5.75 Å². The van der Waals surface area contributed by atoms with Crippen LogP contribution in [0.15, 0.2) is 36.4 Å². The van der Waals surface area contributed by atoms with Gasteiger partial charge in [0.05, 0.1) is 6.10 Å². The summed E-state index contributed by atoms with van der Waals surface area (Å²) in [4.78, 5) is 0. The number of ether oxygens (including phenoxy) is 1. The van der Waals surface area contributed by atoms with Crippen molar-refractivity contribution in [3.63, 3.8) is 0 Å². The SMILES string of the molecule is CC(C)Oc1ccc([C@@H](C)c2cc(F)cc(C(F)(F)C(F)F)c2)cc1F. The number of hydrogen-bond acceptors (Lipinski definition) is 1. The van der Waals surface area contributed by atoms with Crippen LogP contribution in [-0.4, -0.2) is 12.5 Å². The van der Waals surface area contributed by atoms with Gasteiger partial charge in [-0.2, -0.15) is 8.78 Å². The summed E-state index contributed by atoms with van der Waals surface area (Å²) >= 11 is 0. The van der Waals surface area contributed by atoms with E-state index in [1.54, 1.807) is 13.8 Å². The highest BCUT2D eigenvalue weighted by molar-refractivity contribution is 5.39. The Kier molecular flexibility index (Phi) is 5.88. The van der Waals surface area contributed by atoms with E-state index >= 15 is 0 Å². The lowest BCUT2D eigenvalue weighted by molar-refractivity contribution is -0.135. The minimum absolute atomic E-state index is 0.0279. The monoisotopic (exact) mass is 376 g/mol. The van der Waals surface area contributed by atoms with Gasteiger partial charge < -0.3 is 4.74 Å². The van der Waals surface area contributed by atoms with Gasteiger partial charge in [-0.05, 0) is 55.3 Å². The van der Waals surface area contributed by atoms with Crippen LogP contribution in [0.4, 0.5) is 26.3 Å². The number of halogens is 6. The molecule has 26 heavy (non-hydrogen) atoms. The zero-order valence-electron chi connectivity index (χ0n) is 14.4. The Morgan fingerprint density at radius 3 is 2.08 bits per heavy atom. The molecule has 0 radical (unpaired) electrons. The molecule has 0 heterocycles. The number of benzene rings is 2. The quantitative estimate of drug-likeness (QED) is 0.541. The molecule has 0 amide bonds. The van der Waals surface area contributed by atoms with Gasteiger partial charge in [0.1, 0.15) is 5.82 Å². The molecule has 2 aromatic carbocycles. The summed E-state index contributed by atoms with van der Waals surface area (Å²) in [6.07, 6.45) is -4.20. The Balaban J connectivity index is 2.39. The third kappa shape index (κ3) is 4.31. The third-order valence-corrected chi connectivity index (χ3v) is 3.90. The molecule has 0 unspecified atom stereocenters. The fourth-order valence-electron chi connectivity index (χ4n) is 2.51. The van der Waals surface area contributed by atoms with Crippen molar-refractivity contribution < 1.29 is 31.1 Å². The minimum Gasteiger partial charge on any atom is -0.488 e. The van der Waals surface area contributed by atoms with Crippen molar-refractivity contribution in [1.82, 2.24) is 0 Å². The van der Waals surface area contributed by atoms with Crippen LogP contribution < -0.4 is 4.74 Å². The first kappa shape index (κ1) is 20.1. The Hall–Kier alpha value is -2.18. The molecule has 0 bridgehead atoms. The van der Waals surface area contributed by atoms with Gasteiger partial charge in [0, 0.05) is 11.5 Å². The Labute approximate surface area is 147 Å². The number of rotatable bonds is 6. The van der Waals surface area contributed by atoms with Crippen LogP contribution in [0.2, 0.25) is 0 Å². The van der Waals surface area contributed by atoms with Gasteiger partial charge in [0.2, 0.25) is 0 Å². The van der Waals surface area contributed by atoms with Crippen LogP contribution >= 0.6 is 0 Å². The van der Waals surface area contributed by atoms with Gasteiger partial charge in [-0.1, -0.05) is 13.0 Å². The second kappa shape index (κ2) is 7.60. The molecule has 0 saturated heterocycles. The molecule has 0 aliphatic carbocycles. The second-order valence-electron chi connectivity index (χ2n) is 6.28. The summed E-state index contributed by atoms with van der Waals surface area (Å²) in [7, 11) is 0.